The van der Waals surface area contributed by atoms with E-state index in [9.17, 15) is 4.79 Å². The Hall–Kier alpha value is -3.45. The molecule has 0 saturated heterocycles. The number of amidine groups is 1. The number of benzene rings is 2. The molecule has 3 aromatic rings. The van der Waals surface area contributed by atoms with Crippen LogP contribution in [0.15, 0.2) is 65.3 Å². The van der Waals surface area contributed by atoms with E-state index in [4.69, 9.17) is 26.2 Å². The fraction of sp³-hybridized carbons (Fsp3) is 0.100. The van der Waals surface area contributed by atoms with E-state index in [1.54, 1.807) is 66.6 Å². The Morgan fingerprint density at radius 1 is 1.18 bits per heavy atom. The first-order valence-corrected chi connectivity index (χ1v) is 8.87. The number of halogens is 1. The van der Waals surface area contributed by atoms with Crippen molar-refractivity contribution < 1.29 is 13.9 Å². The van der Waals surface area contributed by atoms with Crippen LogP contribution in [0, 0.1) is 5.41 Å². The minimum absolute atomic E-state index is 0.156. The van der Waals surface area contributed by atoms with Crippen molar-refractivity contribution in [3.63, 3.8) is 0 Å². The molecule has 0 radical (unpaired) electrons. The van der Waals surface area contributed by atoms with Gasteiger partial charge >= 0.3 is 0 Å². The SMILES string of the molecule is COc1ccc(N2C(=N)c3ccoc3NC2C(=O)Nc2ccc(Cl)cc2)cc1. The van der Waals surface area contributed by atoms with Gasteiger partial charge in [-0.2, -0.15) is 0 Å². The van der Waals surface area contributed by atoms with Gasteiger partial charge in [-0.25, -0.2) is 0 Å². The highest BCUT2D eigenvalue weighted by Crippen LogP contribution is 2.31. The van der Waals surface area contributed by atoms with Crippen LogP contribution in [0.2, 0.25) is 5.02 Å². The number of ether oxygens (including phenoxy) is 1. The molecule has 7 nitrogen and oxygen atoms in total. The van der Waals surface area contributed by atoms with Crippen molar-refractivity contribution in [3.05, 3.63) is 71.4 Å². The molecule has 0 fully saturated rings. The van der Waals surface area contributed by atoms with E-state index in [1.165, 1.54) is 6.26 Å². The molecule has 1 unspecified atom stereocenters. The molecule has 1 aliphatic rings. The Morgan fingerprint density at radius 3 is 2.57 bits per heavy atom. The summed E-state index contributed by atoms with van der Waals surface area (Å²) in [7, 11) is 1.58. The van der Waals surface area contributed by atoms with Gasteiger partial charge in [0.15, 0.2) is 6.17 Å². The lowest BCUT2D eigenvalue weighted by atomic mass is 10.1. The summed E-state index contributed by atoms with van der Waals surface area (Å²) in [6.45, 7) is 0. The molecule has 1 atom stereocenters. The normalized spacial score (nSPS) is 15.6. The third-order valence-electron chi connectivity index (χ3n) is 4.40. The predicted octanol–water partition coefficient (Wildman–Crippen LogP) is 4.16. The van der Waals surface area contributed by atoms with E-state index in [0.29, 0.717) is 33.6 Å². The van der Waals surface area contributed by atoms with Crippen molar-refractivity contribution in [1.29, 1.82) is 5.41 Å². The van der Waals surface area contributed by atoms with Crippen LogP contribution in [0.1, 0.15) is 5.56 Å². The first-order chi connectivity index (χ1) is 13.6. The number of nitrogens with zero attached hydrogens (tertiary/aromatic N) is 1. The first-order valence-electron chi connectivity index (χ1n) is 8.49. The predicted molar refractivity (Wildman–Crippen MR) is 109 cm³/mol. The molecule has 4 rings (SSSR count). The quantitative estimate of drug-likeness (QED) is 0.616. The van der Waals surface area contributed by atoms with Gasteiger partial charge in [-0.05, 0) is 54.6 Å². The molecular weight excluding hydrogens is 380 g/mol. The molecule has 3 N–H and O–H groups in total. The first kappa shape index (κ1) is 17.9. The lowest BCUT2D eigenvalue weighted by Crippen LogP contribution is -2.55. The Bertz CT molecular complexity index is 1010. The van der Waals surface area contributed by atoms with Crippen LogP contribution in [-0.2, 0) is 4.79 Å². The van der Waals surface area contributed by atoms with Crippen molar-refractivity contribution in [2.45, 2.75) is 6.17 Å². The molecule has 2 heterocycles. The van der Waals surface area contributed by atoms with Gasteiger partial charge < -0.3 is 19.8 Å². The second-order valence-electron chi connectivity index (χ2n) is 6.12. The highest BCUT2D eigenvalue weighted by molar-refractivity contribution is 6.30. The van der Waals surface area contributed by atoms with E-state index in [2.05, 4.69) is 10.6 Å². The number of furan rings is 1. The van der Waals surface area contributed by atoms with Gasteiger partial charge in [-0.1, -0.05) is 11.6 Å². The molecule has 0 saturated carbocycles. The van der Waals surface area contributed by atoms with Crippen LogP contribution in [0.4, 0.5) is 17.3 Å². The number of methoxy groups -OCH3 is 1. The van der Waals surface area contributed by atoms with Crippen molar-refractivity contribution >= 4 is 40.6 Å². The number of rotatable bonds is 4. The molecule has 0 bridgehead atoms. The largest absolute Gasteiger partial charge is 0.497 e. The van der Waals surface area contributed by atoms with Gasteiger partial charge in [0.1, 0.15) is 11.6 Å². The standard InChI is InChI=1S/C20H17ClN4O3/c1-27-15-8-6-14(7-9-15)25-17(22)16-10-11-28-20(16)24-18(25)19(26)23-13-4-2-12(21)3-5-13/h2-11,18,22,24H,1H3,(H,23,26). The molecule has 28 heavy (non-hydrogen) atoms. The van der Waals surface area contributed by atoms with Crippen LogP contribution in [0.25, 0.3) is 0 Å². The van der Waals surface area contributed by atoms with E-state index in [1.807, 2.05) is 0 Å². The number of anilines is 3. The summed E-state index contributed by atoms with van der Waals surface area (Å²) in [6.07, 6.45) is 0.605. The van der Waals surface area contributed by atoms with Crippen molar-refractivity contribution in [2.75, 3.05) is 22.6 Å². The molecule has 1 amide bonds. The van der Waals surface area contributed by atoms with Gasteiger partial charge in [0.25, 0.3) is 5.91 Å². The number of hydrogen-bond donors (Lipinski definition) is 3. The number of carbonyl (C=O) groups excluding carboxylic acids is 1. The zero-order valence-corrected chi connectivity index (χ0v) is 15.7. The summed E-state index contributed by atoms with van der Waals surface area (Å²) < 4.78 is 10.6. The van der Waals surface area contributed by atoms with Gasteiger partial charge in [0.05, 0.1) is 18.9 Å². The van der Waals surface area contributed by atoms with Gasteiger partial charge in [-0.3, -0.25) is 15.1 Å². The summed E-state index contributed by atoms with van der Waals surface area (Å²) in [5.74, 6) is 0.881. The second-order valence-corrected chi connectivity index (χ2v) is 6.56. The number of hydrogen-bond acceptors (Lipinski definition) is 5. The highest BCUT2D eigenvalue weighted by atomic mass is 35.5. The van der Waals surface area contributed by atoms with Crippen LogP contribution in [-0.4, -0.2) is 25.0 Å². The van der Waals surface area contributed by atoms with Gasteiger partial charge in [0.2, 0.25) is 5.88 Å². The second kappa shape index (κ2) is 7.28. The smallest absolute Gasteiger partial charge is 0.268 e. The summed E-state index contributed by atoms with van der Waals surface area (Å²) in [6, 6.07) is 15.6. The molecule has 2 aromatic carbocycles. The topological polar surface area (TPSA) is 90.6 Å². The Balaban J connectivity index is 1.68. The molecule has 0 aliphatic carbocycles. The molecule has 1 aliphatic heterocycles. The molecular formula is C20H17ClN4O3. The van der Waals surface area contributed by atoms with Gasteiger partial charge in [-0.15, -0.1) is 0 Å². The monoisotopic (exact) mass is 396 g/mol. The zero-order valence-electron chi connectivity index (χ0n) is 14.9. The average Bonchev–Trinajstić information content (AvgIpc) is 3.19. The van der Waals surface area contributed by atoms with Gasteiger partial charge in [0, 0.05) is 16.4 Å². The van der Waals surface area contributed by atoms with E-state index < -0.39 is 6.17 Å². The van der Waals surface area contributed by atoms with Crippen LogP contribution < -0.4 is 20.3 Å². The third kappa shape index (κ3) is 3.27. The van der Waals surface area contributed by atoms with Crippen molar-refractivity contribution in [3.8, 4) is 5.75 Å². The molecule has 0 spiro atoms. The van der Waals surface area contributed by atoms with Crippen molar-refractivity contribution in [2.24, 2.45) is 0 Å². The Kier molecular flexibility index (Phi) is 4.67. The maximum Gasteiger partial charge on any atom is 0.268 e. The number of fused-ring (bicyclic) bond motifs is 1. The maximum absolute atomic E-state index is 13.0. The summed E-state index contributed by atoms with van der Waals surface area (Å²) in [5, 5.41) is 15.1. The summed E-state index contributed by atoms with van der Waals surface area (Å²) >= 11 is 5.90. The van der Waals surface area contributed by atoms with Crippen molar-refractivity contribution in [1.82, 2.24) is 0 Å². The van der Waals surface area contributed by atoms with Crippen LogP contribution in [0.5, 0.6) is 5.75 Å². The fourth-order valence-electron chi connectivity index (χ4n) is 3.00. The molecule has 8 heteroatoms. The number of amides is 1. The minimum Gasteiger partial charge on any atom is -0.497 e. The minimum atomic E-state index is -0.879. The lowest BCUT2D eigenvalue weighted by Gasteiger charge is -2.36. The number of nitrogens with one attached hydrogen (secondary N) is 3. The average molecular weight is 397 g/mol. The zero-order chi connectivity index (χ0) is 19.7. The lowest BCUT2D eigenvalue weighted by molar-refractivity contribution is -0.116. The summed E-state index contributed by atoms with van der Waals surface area (Å²) in [5.41, 5.74) is 1.84. The molecule has 142 valence electrons. The molecule has 1 aromatic heterocycles. The maximum atomic E-state index is 13.0. The van der Waals surface area contributed by atoms with Crippen LogP contribution >= 0.6 is 11.6 Å². The Morgan fingerprint density at radius 2 is 1.89 bits per heavy atom. The van der Waals surface area contributed by atoms with E-state index in [0.717, 1.165) is 0 Å². The Labute approximate surface area is 166 Å². The van der Waals surface area contributed by atoms with E-state index in [-0.39, 0.29) is 11.7 Å². The van der Waals surface area contributed by atoms with Crippen LogP contribution in [0.3, 0.4) is 0 Å². The third-order valence-corrected chi connectivity index (χ3v) is 4.65. The van der Waals surface area contributed by atoms with E-state index >= 15 is 0 Å². The number of carbonyl (C=O) groups is 1. The fourth-order valence-corrected chi connectivity index (χ4v) is 3.13. The highest BCUT2D eigenvalue weighted by Gasteiger charge is 2.37. The summed E-state index contributed by atoms with van der Waals surface area (Å²) in [4.78, 5) is 14.6.